The van der Waals surface area contributed by atoms with Crippen LogP contribution >= 0.6 is 24.8 Å². The molecular formula is C20H21Cl2N3O. The van der Waals surface area contributed by atoms with E-state index in [9.17, 15) is 4.79 Å². The second kappa shape index (κ2) is 8.99. The maximum absolute atomic E-state index is 12.9. The molecule has 1 fully saturated rings. The number of amides is 1. The van der Waals surface area contributed by atoms with Crippen LogP contribution in [0.3, 0.4) is 0 Å². The van der Waals surface area contributed by atoms with E-state index in [4.69, 9.17) is 0 Å². The Morgan fingerprint density at radius 1 is 0.962 bits per heavy atom. The van der Waals surface area contributed by atoms with E-state index in [0.717, 1.165) is 23.1 Å². The van der Waals surface area contributed by atoms with E-state index >= 15 is 0 Å². The first-order chi connectivity index (χ1) is 11.8. The van der Waals surface area contributed by atoms with Gasteiger partial charge < -0.3 is 10.6 Å². The fraction of sp³-hybridized carbons (Fsp3) is 0.200. The van der Waals surface area contributed by atoms with Gasteiger partial charge in [0.1, 0.15) is 0 Å². The van der Waals surface area contributed by atoms with Gasteiger partial charge in [0.15, 0.2) is 0 Å². The van der Waals surface area contributed by atoms with Gasteiger partial charge >= 0.3 is 0 Å². The van der Waals surface area contributed by atoms with Crippen molar-refractivity contribution in [3.05, 3.63) is 72.4 Å². The molecule has 1 aliphatic heterocycles. The lowest BCUT2D eigenvalue weighted by Gasteiger charge is -2.19. The quantitative estimate of drug-likeness (QED) is 0.710. The first-order valence-electron chi connectivity index (χ1n) is 8.23. The number of rotatable bonds is 3. The molecule has 0 radical (unpaired) electrons. The van der Waals surface area contributed by atoms with E-state index in [1.807, 2.05) is 48.5 Å². The fourth-order valence-corrected chi connectivity index (χ4v) is 3.44. The van der Waals surface area contributed by atoms with Gasteiger partial charge in [0.25, 0.3) is 0 Å². The molecule has 136 valence electrons. The van der Waals surface area contributed by atoms with E-state index in [1.165, 1.54) is 5.56 Å². The van der Waals surface area contributed by atoms with Crippen molar-refractivity contribution in [3.8, 4) is 0 Å². The minimum Gasteiger partial charge on any atom is -0.324 e. The predicted molar refractivity (Wildman–Crippen MR) is 110 cm³/mol. The third-order valence-electron chi connectivity index (χ3n) is 4.67. The van der Waals surface area contributed by atoms with E-state index in [1.54, 1.807) is 6.20 Å². The van der Waals surface area contributed by atoms with Crippen molar-refractivity contribution in [3.63, 3.8) is 0 Å². The second-order valence-corrected chi connectivity index (χ2v) is 6.15. The Hall–Kier alpha value is -2.14. The number of fused-ring (bicyclic) bond motifs is 1. The van der Waals surface area contributed by atoms with Crippen molar-refractivity contribution in [1.29, 1.82) is 0 Å². The zero-order chi connectivity index (χ0) is 16.4. The Morgan fingerprint density at radius 3 is 2.54 bits per heavy atom. The molecule has 1 amide bonds. The van der Waals surface area contributed by atoms with Crippen LogP contribution in [0, 0.1) is 5.92 Å². The zero-order valence-electron chi connectivity index (χ0n) is 14.1. The summed E-state index contributed by atoms with van der Waals surface area (Å²) in [5, 5.41) is 7.46. The number of anilines is 1. The van der Waals surface area contributed by atoms with Gasteiger partial charge in [-0.2, -0.15) is 0 Å². The molecule has 2 heterocycles. The van der Waals surface area contributed by atoms with Crippen molar-refractivity contribution in [2.24, 2.45) is 5.92 Å². The minimum atomic E-state index is -0.0774. The van der Waals surface area contributed by atoms with Crippen LogP contribution in [0.15, 0.2) is 66.9 Å². The van der Waals surface area contributed by atoms with Gasteiger partial charge in [0.05, 0.1) is 17.1 Å². The van der Waals surface area contributed by atoms with Gasteiger partial charge in [-0.15, -0.1) is 24.8 Å². The van der Waals surface area contributed by atoms with Crippen molar-refractivity contribution >= 4 is 47.3 Å². The topological polar surface area (TPSA) is 54.0 Å². The lowest BCUT2D eigenvalue weighted by Crippen LogP contribution is -2.28. The predicted octanol–water partition coefficient (Wildman–Crippen LogP) is 4.02. The highest BCUT2D eigenvalue weighted by Gasteiger charge is 2.34. The molecule has 4 rings (SSSR count). The summed E-state index contributed by atoms with van der Waals surface area (Å²) < 4.78 is 0. The minimum absolute atomic E-state index is 0. The van der Waals surface area contributed by atoms with Crippen LogP contribution in [-0.2, 0) is 4.79 Å². The molecule has 2 N–H and O–H groups in total. The maximum atomic E-state index is 12.9. The van der Waals surface area contributed by atoms with E-state index in [2.05, 4.69) is 27.8 Å². The molecule has 2 aromatic carbocycles. The number of aromatic nitrogens is 1. The molecule has 3 aromatic rings. The summed E-state index contributed by atoms with van der Waals surface area (Å²) in [5.74, 6) is 0.174. The molecule has 4 nitrogen and oxygen atoms in total. The average Bonchev–Trinajstić information content (AvgIpc) is 3.13. The molecule has 2 unspecified atom stereocenters. The molecule has 0 saturated carbocycles. The standard InChI is InChI=1S/C20H19N3O.2ClH/c24-20(17-13-21-12-16(17)14-6-2-1-3-7-14)23-18-10-4-8-15-9-5-11-22-19(15)18;;/h1-11,16-17,21H,12-13H2,(H,23,24);2*1H. The number of carbonyl (C=O) groups excluding carboxylic acids is 1. The summed E-state index contributed by atoms with van der Waals surface area (Å²) in [6.07, 6.45) is 1.75. The lowest BCUT2D eigenvalue weighted by atomic mass is 9.88. The molecule has 2 atom stereocenters. The summed E-state index contributed by atoms with van der Waals surface area (Å²) in [4.78, 5) is 17.3. The largest absolute Gasteiger partial charge is 0.324 e. The monoisotopic (exact) mass is 389 g/mol. The van der Waals surface area contributed by atoms with Crippen molar-refractivity contribution < 1.29 is 4.79 Å². The molecule has 1 saturated heterocycles. The van der Waals surface area contributed by atoms with Crippen LogP contribution in [-0.4, -0.2) is 24.0 Å². The third kappa shape index (κ3) is 3.98. The van der Waals surface area contributed by atoms with E-state index in [-0.39, 0.29) is 42.6 Å². The normalized spacial score (nSPS) is 18.6. The molecule has 26 heavy (non-hydrogen) atoms. The van der Waals surface area contributed by atoms with Crippen LogP contribution in [0.25, 0.3) is 10.9 Å². The first kappa shape index (κ1) is 20.2. The van der Waals surface area contributed by atoms with Crippen LogP contribution in [0.2, 0.25) is 0 Å². The zero-order valence-corrected chi connectivity index (χ0v) is 15.7. The maximum Gasteiger partial charge on any atom is 0.229 e. The molecule has 1 aromatic heterocycles. The number of carbonyl (C=O) groups is 1. The Morgan fingerprint density at radius 2 is 1.73 bits per heavy atom. The van der Waals surface area contributed by atoms with Gasteiger partial charge in [-0.25, -0.2) is 0 Å². The summed E-state index contributed by atoms with van der Waals surface area (Å²) in [6.45, 7) is 1.53. The van der Waals surface area contributed by atoms with Crippen LogP contribution in [0.5, 0.6) is 0 Å². The Bertz CT molecular complexity index is 868. The number of nitrogens with one attached hydrogen (secondary N) is 2. The Labute approximate surface area is 165 Å². The van der Waals surface area contributed by atoms with Crippen LogP contribution in [0.4, 0.5) is 5.69 Å². The third-order valence-corrected chi connectivity index (χ3v) is 4.67. The van der Waals surface area contributed by atoms with Crippen LogP contribution < -0.4 is 10.6 Å². The number of nitrogens with zero attached hydrogens (tertiary/aromatic N) is 1. The van der Waals surface area contributed by atoms with Crippen molar-refractivity contribution in [1.82, 2.24) is 10.3 Å². The molecule has 0 bridgehead atoms. The number of benzene rings is 2. The summed E-state index contributed by atoms with van der Waals surface area (Å²) in [5.41, 5.74) is 2.81. The lowest BCUT2D eigenvalue weighted by molar-refractivity contribution is -0.119. The smallest absolute Gasteiger partial charge is 0.229 e. The van der Waals surface area contributed by atoms with Gasteiger partial charge in [-0.05, 0) is 17.7 Å². The number of halogens is 2. The highest BCUT2D eigenvalue weighted by atomic mass is 35.5. The first-order valence-corrected chi connectivity index (χ1v) is 8.23. The summed E-state index contributed by atoms with van der Waals surface area (Å²) >= 11 is 0. The molecule has 0 spiro atoms. The molecular weight excluding hydrogens is 369 g/mol. The van der Waals surface area contributed by atoms with E-state index < -0.39 is 0 Å². The Balaban J connectivity index is 0.00000121. The van der Waals surface area contributed by atoms with Crippen molar-refractivity contribution in [2.75, 3.05) is 18.4 Å². The molecule has 1 aliphatic rings. The van der Waals surface area contributed by atoms with Gasteiger partial charge in [-0.1, -0.05) is 48.5 Å². The average molecular weight is 390 g/mol. The summed E-state index contributed by atoms with van der Waals surface area (Å²) in [6, 6.07) is 20.0. The number of para-hydroxylation sites is 1. The number of pyridine rings is 1. The van der Waals surface area contributed by atoms with Gasteiger partial charge in [0, 0.05) is 30.6 Å². The highest BCUT2D eigenvalue weighted by Crippen LogP contribution is 2.30. The summed E-state index contributed by atoms with van der Waals surface area (Å²) in [7, 11) is 0. The highest BCUT2D eigenvalue weighted by molar-refractivity contribution is 6.01. The molecule has 0 aliphatic carbocycles. The van der Waals surface area contributed by atoms with Crippen molar-refractivity contribution in [2.45, 2.75) is 5.92 Å². The molecule has 6 heteroatoms. The Kier molecular flexibility index (Phi) is 6.98. The van der Waals surface area contributed by atoms with E-state index in [0.29, 0.717) is 6.54 Å². The number of hydrogen-bond donors (Lipinski definition) is 2. The second-order valence-electron chi connectivity index (χ2n) is 6.15. The number of hydrogen-bond acceptors (Lipinski definition) is 3. The fourth-order valence-electron chi connectivity index (χ4n) is 3.44. The van der Waals surface area contributed by atoms with Gasteiger partial charge in [0.2, 0.25) is 5.91 Å². The van der Waals surface area contributed by atoms with Crippen LogP contribution in [0.1, 0.15) is 11.5 Å². The van der Waals surface area contributed by atoms with Gasteiger partial charge in [-0.3, -0.25) is 9.78 Å². The SMILES string of the molecule is Cl.Cl.O=C(Nc1cccc2cccnc12)C1CNCC1c1ccccc1.